The Labute approximate surface area is 164 Å². The molecular weight excluding hydrogens is 348 g/mol. The van der Waals surface area contributed by atoms with Crippen LogP contribution in [0.5, 0.6) is 0 Å². The topological polar surface area (TPSA) is 45.5 Å². The van der Waals surface area contributed by atoms with E-state index in [9.17, 15) is 9.90 Å². The molecular formula is C24H22N2O2. The number of carbonyl (C=O) groups is 1. The lowest BCUT2D eigenvalue weighted by atomic mass is 10.1. The molecule has 0 spiro atoms. The Bertz CT molecular complexity index is 1100. The fraction of sp³-hybridized carbons (Fsp3) is 0.125. The van der Waals surface area contributed by atoms with Gasteiger partial charge in [-0.15, -0.1) is 0 Å². The SMILES string of the molecule is CN(Cc1ccccc1)c1ccc(-n2cc(CC(=O)O)c3ccccc32)cc1. The lowest BCUT2D eigenvalue weighted by Gasteiger charge is -2.20. The summed E-state index contributed by atoms with van der Waals surface area (Å²) in [5.41, 5.74) is 5.26. The Morgan fingerprint density at radius 3 is 2.32 bits per heavy atom. The normalized spacial score (nSPS) is 10.9. The van der Waals surface area contributed by atoms with E-state index in [1.165, 1.54) is 5.56 Å². The predicted octanol–water partition coefficient (Wildman–Crippen LogP) is 4.89. The zero-order chi connectivity index (χ0) is 19.5. The van der Waals surface area contributed by atoms with Crippen molar-refractivity contribution in [1.82, 2.24) is 4.57 Å². The van der Waals surface area contributed by atoms with Crippen LogP contribution in [0.1, 0.15) is 11.1 Å². The summed E-state index contributed by atoms with van der Waals surface area (Å²) in [6.45, 7) is 0.843. The second-order valence-corrected chi connectivity index (χ2v) is 6.97. The number of aliphatic carboxylic acids is 1. The molecule has 0 fully saturated rings. The summed E-state index contributed by atoms with van der Waals surface area (Å²) in [5, 5.41) is 10.2. The van der Waals surface area contributed by atoms with Crippen molar-refractivity contribution in [3.8, 4) is 5.69 Å². The van der Waals surface area contributed by atoms with Gasteiger partial charge in [-0.3, -0.25) is 4.79 Å². The molecule has 1 N–H and O–H groups in total. The summed E-state index contributed by atoms with van der Waals surface area (Å²) in [6, 6.07) is 26.7. The summed E-state index contributed by atoms with van der Waals surface area (Å²) < 4.78 is 2.06. The van der Waals surface area contributed by atoms with Crippen molar-refractivity contribution in [3.05, 3.63) is 96.2 Å². The third kappa shape index (κ3) is 3.62. The average Bonchev–Trinajstić information content (AvgIpc) is 3.07. The highest BCUT2D eigenvalue weighted by Crippen LogP contribution is 2.26. The molecule has 4 heteroatoms. The smallest absolute Gasteiger partial charge is 0.307 e. The maximum Gasteiger partial charge on any atom is 0.307 e. The Balaban J connectivity index is 1.63. The number of rotatable bonds is 6. The van der Waals surface area contributed by atoms with E-state index < -0.39 is 5.97 Å². The molecule has 0 saturated carbocycles. The van der Waals surface area contributed by atoms with Gasteiger partial charge in [0, 0.05) is 36.6 Å². The van der Waals surface area contributed by atoms with Gasteiger partial charge in [0.1, 0.15) is 0 Å². The number of hydrogen-bond acceptors (Lipinski definition) is 2. The molecule has 0 bridgehead atoms. The second kappa shape index (κ2) is 7.61. The van der Waals surface area contributed by atoms with E-state index in [4.69, 9.17) is 0 Å². The minimum Gasteiger partial charge on any atom is -0.481 e. The molecule has 0 amide bonds. The standard InChI is InChI=1S/C24H22N2O2/c1-25(16-18-7-3-2-4-8-18)20-11-13-21(14-12-20)26-17-19(15-24(27)28)22-9-5-6-10-23(22)26/h2-14,17H,15-16H2,1H3,(H,27,28). The Morgan fingerprint density at radius 1 is 0.929 bits per heavy atom. The van der Waals surface area contributed by atoms with Crippen molar-refractivity contribution in [2.24, 2.45) is 0 Å². The van der Waals surface area contributed by atoms with E-state index in [1.807, 2.05) is 36.5 Å². The van der Waals surface area contributed by atoms with Crippen LogP contribution in [0.15, 0.2) is 85.1 Å². The first-order valence-corrected chi connectivity index (χ1v) is 9.28. The number of hydrogen-bond donors (Lipinski definition) is 1. The third-order valence-electron chi connectivity index (χ3n) is 4.97. The van der Waals surface area contributed by atoms with E-state index in [1.54, 1.807) is 0 Å². The first kappa shape index (κ1) is 17.9. The number of fused-ring (bicyclic) bond motifs is 1. The number of carboxylic acids is 1. The molecule has 28 heavy (non-hydrogen) atoms. The van der Waals surface area contributed by atoms with Crippen LogP contribution in [0.3, 0.4) is 0 Å². The van der Waals surface area contributed by atoms with Crippen molar-refractivity contribution >= 4 is 22.6 Å². The van der Waals surface area contributed by atoms with Crippen molar-refractivity contribution in [1.29, 1.82) is 0 Å². The van der Waals surface area contributed by atoms with Gasteiger partial charge in [0.05, 0.1) is 11.9 Å². The van der Waals surface area contributed by atoms with Gasteiger partial charge in [0.15, 0.2) is 0 Å². The quantitative estimate of drug-likeness (QED) is 0.525. The van der Waals surface area contributed by atoms with Crippen LogP contribution in [-0.4, -0.2) is 22.7 Å². The van der Waals surface area contributed by atoms with E-state index in [0.717, 1.165) is 34.4 Å². The average molecular weight is 370 g/mol. The van der Waals surface area contributed by atoms with Crippen molar-refractivity contribution < 1.29 is 9.90 Å². The lowest BCUT2D eigenvalue weighted by molar-refractivity contribution is -0.136. The maximum absolute atomic E-state index is 11.2. The molecule has 3 aromatic carbocycles. The monoisotopic (exact) mass is 370 g/mol. The Hall–Kier alpha value is -3.53. The number of carboxylic acid groups (broad SMARTS) is 1. The second-order valence-electron chi connectivity index (χ2n) is 6.97. The van der Waals surface area contributed by atoms with Gasteiger partial charge >= 0.3 is 5.97 Å². The van der Waals surface area contributed by atoms with Gasteiger partial charge in [-0.1, -0.05) is 48.5 Å². The zero-order valence-electron chi connectivity index (χ0n) is 15.7. The molecule has 0 unspecified atom stereocenters. The van der Waals surface area contributed by atoms with Crippen LogP contribution in [-0.2, 0) is 17.8 Å². The summed E-state index contributed by atoms with van der Waals surface area (Å²) in [4.78, 5) is 13.4. The highest BCUT2D eigenvalue weighted by molar-refractivity contribution is 5.88. The molecule has 0 atom stereocenters. The summed E-state index contributed by atoms with van der Waals surface area (Å²) in [7, 11) is 2.08. The fourth-order valence-corrected chi connectivity index (χ4v) is 3.58. The molecule has 4 nitrogen and oxygen atoms in total. The lowest BCUT2D eigenvalue weighted by Crippen LogP contribution is -2.16. The van der Waals surface area contributed by atoms with Crippen LogP contribution in [0.4, 0.5) is 5.69 Å². The first-order valence-electron chi connectivity index (χ1n) is 9.28. The predicted molar refractivity (Wildman–Crippen MR) is 113 cm³/mol. The number of benzene rings is 3. The van der Waals surface area contributed by atoms with E-state index in [2.05, 4.69) is 65.0 Å². The summed E-state index contributed by atoms with van der Waals surface area (Å²) in [5.74, 6) is -0.819. The van der Waals surface area contributed by atoms with Crippen LogP contribution in [0.25, 0.3) is 16.6 Å². The molecule has 1 heterocycles. The minimum atomic E-state index is -0.819. The van der Waals surface area contributed by atoms with Crippen LogP contribution >= 0.6 is 0 Å². The number of para-hydroxylation sites is 1. The van der Waals surface area contributed by atoms with Crippen molar-refractivity contribution in [2.75, 3.05) is 11.9 Å². The molecule has 0 aliphatic rings. The maximum atomic E-state index is 11.2. The minimum absolute atomic E-state index is 0.0193. The molecule has 0 radical (unpaired) electrons. The van der Waals surface area contributed by atoms with Gasteiger partial charge < -0.3 is 14.6 Å². The number of anilines is 1. The molecule has 0 saturated heterocycles. The van der Waals surface area contributed by atoms with E-state index in [-0.39, 0.29) is 6.42 Å². The highest BCUT2D eigenvalue weighted by atomic mass is 16.4. The van der Waals surface area contributed by atoms with Gasteiger partial charge in [-0.25, -0.2) is 0 Å². The van der Waals surface area contributed by atoms with Crippen LogP contribution in [0.2, 0.25) is 0 Å². The third-order valence-corrected chi connectivity index (χ3v) is 4.97. The van der Waals surface area contributed by atoms with Gasteiger partial charge in [0.2, 0.25) is 0 Å². The van der Waals surface area contributed by atoms with Crippen molar-refractivity contribution in [3.63, 3.8) is 0 Å². The summed E-state index contributed by atoms with van der Waals surface area (Å²) >= 11 is 0. The highest BCUT2D eigenvalue weighted by Gasteiger charge is 2.12. The Kier molecular flexibility index (Phi) is 4.85. The molecule has 0 aliphatic heterocycles. The van der Waals surface area contributed by atoms with Gasteiger partial charge in [-0.05, 0) is 41.5 Å². The van der Waals surface area contributed by atoms with Crippen LogP contribution in [0, 0.1) is 0 Å². The molecule has 140 valence electrons. The Morgan fingerprint density at radius 2 is 1.61 bits per heavy atom. The fourth-order valence-electron chi connectivity index (χ4n) is 3.58. The molecule has 4 rings (SSSR count). The molecule has 0 aliphatic carbocycles. The zero-order valence-corrected chi connectivity index (χ0v) is 15.7. The molecule has 4 aromatic rings. The number of aromatic nitrogens is 1. The van der Waals surface area contributed by atoms with Gasteiger partial charge in [0.25, 0.3) is 0 Å². The van der Waals surface area contributed by atoms with Crippen LogP contribution < -0.4 is 4.90 Å². The van der Waals surface area contributed by atoms with Crippen molar-refractivity contribution in [2.45, 2.75) is 13.0 Å². The largest absolute Gasteiger partial charge is 0.481 e. The van der Waals surface area contributed by atoms with Gasteiger partial charge in [-0.2, -0.15) is 0 Å². The van der Waals surface area contributed by atoms with E-state index in [0.29, 0.717) is 0 Å². The number of nitrogens with zero attached hydrogens (tertiary/aromatic N) is 2. The first-order chi connectivity index (χ1) is 13.6. The van der Waals surface area contributed by atoms with E-state index >= 15 is 0 Å². The summed E-state index contributed by atoms with van der Waals surface area (Å²) in [6.07, 6.45) is 1.95. The molecule has 1 aromatic heterocycles.